The summed E-state index contributed by atoms with van der Waals surface area (Å²) in [7, 11) is 0. The van der Waals surface area contributed by atoms with Gasteiger partial charge in [0.05, 0.1) is 0 Å². The summed E-state index contributed by atoms with van der Waals surface area (Å²) in [5, 5.41) is 15.1. The monoisotopic (exact) mass is 503 g/mol. The molecule has 0 amide bonds. The van der Waals surface area contributed by atoms with Gasteiger partial charge in [-0.15, -0.1) is 12.4 Å². The number of hydrogen-bond acceptors (Lipinski definition) is 4. The van der Waals surface area contributed by atoms with E-state index in [0.29, 0.717) is 5.75 Å². The lowest BCUT2D eigenvalue weighted by Crippen LogP contribution is -2.37. The van der Waals surface area contributed by atoms with Crippen LogP contribution in [0.15, 0.2) is 91.0 Å². The molecule has 0 radical (unpaired) electrons. The van der Waals surface area contributed by atoms with E-state index in [-0.39, 0.29) is 37.1 Å². The largest absolute Gasteiger partial charge is 0.489 e. The van der Waals surface area contributed by atoms with Gasteiger partial charge >= 0.3 is 5.97 Å². The number of aliphatic carboxylic acids is 1. The Bertz CT molecular complexity index is 1320. The highest BCUT2D eigenvalue weighted by molar-refractivity contribution is 5.86. The van der Waals surface area contributed by atoms with E-state index in [9.17, 15) is 4.79 Å². The number of hydrogen-bond donors (Lipinski definition) is 2. The number of halogens is 1. The average molecular weight is 504 g/mol. The lowest BCUT2D eigenvalue weighted by Gasteiger charge is -2.33. The highest BCUT2D eigenvalue weighted by Crippen LogP contribution is 2.40. The van der Waals surface area contributed by atoms with Crippen LogP contribution in [-0.2, 0) is 4.79 Å². The summed E-state index contributed by atoms with van der Waals surface area (Å²) in [6.07, 6.45) is 0.872. The summed E-state index contributed by atoms with van der Waals surface area (Å²) in [6, 6.07) is 31.0. The van der Waals surface area contributed by atoms with Crippen molar-refractivity contribution in [2.75, 3.05) is 13.2 Å². The Morgan fingerprint density at radius 3 is 2.53 bits per heavy atom. The van der Waals surface area contributed by atoms with Gasteiger partial charge in [-0.2, -0.15) is 0 Å². The summed E-state index contributed by atoms with van der Waals surface area (Å²) in [5.41, 5.74) is 3.62. The number of nitrogens with one attached hydrogen (secondary N) is 1. The number of carbonyl (C=O) groups is 1. The fourth-order valence-corrected chi connectivity index (χ4v) is 4.92. The summed E-state index contributed by atoms with van der Waals surface area (Å²) < 4.78 is 11.7. The minimum absolute atomic E-state index is 0. The van der Waals surface area contributed by atoms with Crippen molar-refractivity contribution in [3.8, 4) is 11.5 Å². The first-order valence-electron chi connectivity index (χ1n) is 12.0. The van der Waals surface area contributed by atoms with Crippen LogP contribution in [0.4, 0.5) is 0 Å². The van der Waals surface area contributed by atoms with E-state index in [1.54, 1.807) is 0 Å². The Morgan fingerprint density at radius 1 is 1.00 bits per heavy atom. The van der Waals surface area contributed by atoms with Gasteiger partial charge in [-0.05, 0) is 53.4 Å². The molecule has 0 aromatic heterocycles. The molecule has 0 aliphatic carbocycles. The maximum atomic E-state index is 10.8. The second kappa shape index (κ2) is 11.5. The van der Waals surface area contributed by atoms with Crippen LogP contribution in [0.3, 0.4) is 0 Å². The van der Waals surface area contributed by atoms with Crippen molar-refractivity contribution >= 4 is 29.1 Å². The smallest absolute Gasteiger partial charge is 0.341 e. The van der Waals surface area contributed by atoms with Crippen LogP contribution in [-0.4, -0.2) is 30.3 Å². The number of carboxylic acid groups (broad SMARTS) is 1. The van der Waals surface area contributed by atoms with Gasteiger partial charge < -0.3 is 19.9 Å². The summed E-state index contributed by atoms with van der Waals surface area (Å²) in [6.45, 7) is 2.59. The minimum Gasteiger partial charge on any atom is -0.489 e. The molecule has 0 saturated carbocycles. The third kappa shape index (κ3) is 5.64. The zero-order chi connectivity index (χ0) is 24.2. The van der Waals surface area contributed by atoms with Gasteiger partial charge in [-0.3, -0.25) is 0 Å². The van der Waals surface area contributed by atoms with Crippen LogP contribution in [0, 0.1) is 0 Å². The van der Waals surface area contributed by atoms with Crippen molar-refractivity contribution < 1.29 is 19.4 Å². The number of ether oxygens (including phenoxy) is 2. The molecule has 186 valence electrons. The van der Waals surface area contributed by atoms with Crippen LogP contribution in [0.1, 0.15) is 42.0 Å². The Labute approximate surface area is 217 Å². The molecule has 0 unspecified atom stereocenters. The Hall–Kier alpha value is -3.54. The van der Waals surface area contributed by atoms with E-state index in [4.69, 9.17) is 14.6 Å². The van der Waals surface area contributed by atoms with E-state index < -0.39 is 5.97 Å². The van der Waals surface area contributed by atoms with Gasteiger partial charge in [-0.25, -0.2) is 4.79 Å². The van der Waals surface area contributed by atoms with Crippen LogP contribution >= 0.6 is 12.4 Å². The first kappa shape index (κ1) is 25.5. The Balaban J connectivity index is 0.00000304. The quantitative estimate of drug-likeness (QED) is 0.293. The fraction of sp³-hybridized carbons (Fsp3) is 0.233. The number of fused-ring (bicyclic) bond motifs is 2. The molecule has 0 saturated heterocycles. The van der Waals surface area contributed by atoms with Crippen molar-refractivity contribution in [2.24, 2.45) is 0 Å². The molecule has 36 heavy (non-hydrogen) atoms. The summed E-state index contributed by atoms with van der Waals surface area (Å²) >= 11 is 0. The van der Waals surface area contributed by atoms with Crippen LogP contribution in [0.2, 0.25) is 0 Å². The molecule has 5 nitrogen and oxygen atoms in total. The SMILES string of the molecule is C[C@@H](NC[C@@H]1C[C@@H](c2ccc(OCC(=O)O)cc2)c2ccccc2O1)c1cccc2ccccc12.Cl. The van der Waals surface area contributed by atoms with E-state index in [0.717, 1.165) is 24.3 Å². The van der Waals surface area contributed by atoms with Gasteiger partial charge in [0.25, 0.3) is 0 Å². The number of carboxylic acids is 1. The second-order valence-electron chi connectivity index (χ2n) is 9.02. The van der Waals surface area contributed by atoms with Crippen molar-refractivity contribution in [1.82, 2.24) is 5.32 Å². The highest BCUT2D eigenvalue weighted by atomic mass is 35.5. The zero-order valence-electron chi connectivity index (χ0n) is 20.1. The molecule has 1 aliphatic rings. The number of benzene rings is 4. The van der Waals surface area contributed by atoms with Gasteiger partial charge in [0.1, 0.15) is 17.6 Å². The molecule has 0 spiro atoms. The first-order chi connectivity index (χ1) is 17.1. The average Bonchev–Trinajstić information content (AvgIpc) is 2.90. The molecular formula is C30H30ClNO4. The normalized spacial score (nSPS) is 17.4. The predicted octanol–water partition coefficient (Wildman–Crippen LogP) is 6.36. The fourth-order valence-electron chi connectivity index (χ4n) is 4.92. The minimum atomic E-state index is -0.986. The third-order valence-corrected chi connectivity index (χ3v) is 6.67. The third-order valence-electron chi connectivity index (χ3n) is 6.67. The van der Waals surface area contributed by atoms with Crippen molar-refractivity contribution in [3.63, 3.8) is 0 Å². The van der Waals surface area contributed by atoms with Crippen molar-refractivity contribution in [2.45, 2.75) is 31.4 Å². The molecule has 1 heterocycles. The van der Waals surface area contributed by atoms with Crippen LogP contribution in [0.5, 0.6) is 11.5 Å². The topological polar surface area (TPSA) is 67.8 Å². The number of rotatable bonds is 8. The van der Waals surface area contributed by atoms with Gasteiger partial charge in [0.2, 0.25) is 0 Å². The molecule has 4 aromatic rings. The van der Waals surface area contributed by atoms with Gasteiger partial charge in [-0.1, -0.05) is 72.8 Å². The Kier molecular flexibility index (Phi) is 8.14. The molecule has 0 bridgehead atoms. The highest BCUT2D eigenvalue weighted by Gasteiger charge is 2.29. The molecule has 1 aliphatic heterocycles. The van der Waals surface area contributed by atoms with Crippen LogP contribution < -0.4 is 14.8 Å². The molecule has 4 aromatic carbocycles. The van der Waals surface area contributed by atoms with E-state index >= 15 is 0 Å². The van der Waals surface area contributed by atoms with Crippen molar-refractivity contribution in [3.05, 3.63) is 108 Å². The molecule has 5 rings (SSSR count). The molecule has 3 atom stereocenters. The van der Waals surface area contributed by atoms with Crippen molar-refractivity contribution in [1.29, 1.82) is 0 Å². The van der Waals surface area contributed by atoms with E-state index in [2.05, 4.69) is 60.8 Å². The molecule has 2 N–H and O–H groups in total. The maximum Gasteiger partial charge on any atom is 0.341 e. The van der Waals surface area contributed by atoms with E-state index in [1.807, 2.05) is 42.5 Å². The van der Waals surface area contributed by atoms with Crippen LogP contribution in [0.25, 0.3) is 10.8 Å². The first-order valence-corrected chi connectivity index (χ1v) is 12.0. The molecule has 0 fully saturated rings. The van der Waals surface area contributed by atoms with E-state index in [1.165, 1.54) is 21.9 Å². The standard InChI is InChI=1S/C30H29NO4.ClH/c1-20(25-11-6-8-21-7-2-3-9-26(21)25)31-18-24-17-28(27-10-4-5-12-29(27)35-24)22-13-15-23(16-14-22)34-19-30(32)33;/h2-16,20,24,28,31H,17-19H2,1H3,(H,32,33);1H/t20-,24+,28+;/m1./s1. The molecule has 6 heteroatoms. The number of para-hydroxylation sites is 1. The van der Waals surface area contributed by atoms with Gasteiger partial charge in [0, 0.05) is 24.1 Å². The summed E-state index contributed by atoms with van der Waals surface area (Å²) in [4.78, 5) is 10.8. The summed E-state index contributed by atoms with van der Waals surface area (Å²) in [5.74, 6) is 0.673. The maximum absolute atomic E-state index is 10.8. The second-order valence-corrected chi connectivity index (χ2v) is 9.02. The molecular weight excluding hydrogens is 474 g/mol. The van der Waals surface area contributed by atoms with Gasteiger partial charge in [0.15, 0.2) is 6.61 Å². The zero-order valence-corrected chi connectivity index (χ0v) is 20.9. The lowest BCUT2D eigenvalue weighted by atomic mass is 9.84. The lowest BCUT2D eigenvalue weighted by molar-refractivity contribution is -0.139. The predicted molar refractivity (Wildman–Crippen MR) is 145 cm³/mol. The Morgan fingerprint density at radius 2 is 1.72 bits per heavy atom.